The van der Waals surface area contributed by atoms with Gasteiger partial charge in [-0.15, -0.1) is 11.3 Å². The average molecular weight is 247 g/mol. The standard InChI is InChI=1S/C14H17NOS/c1-10-7-13(11(2)17-10)8-15-14-5-3-12(9-16)4-6-14/h3-7,15-16H,8-9H2,1-2H3. The van der Waals surface area contributed by atoms with E-state index in [9.17, 15) is 0 Å². The first-order valence-electron chi connectivity index (χ1n) is 5.68. The summed E-state index contributed by atoms with van der Waals surface area (Å²) in [6.07, 6.45) is 0. The zero-order valence-electron chi connectivity index (χ0n) is 10.2. The number of anilines is 1. The molecule has 0 aliphatic carbocycles. The highest BCUT2D eigenvalue weighted by Crippen LogP contribution is 2.21. The summed E-state index contributed by atoms with van der Waals surface area (Å²) in [4.78, 5) is 2.73. The number of nitrogens with one attached hydrogen (secondary N) is 1. The molecule has 0 saturated carbocycles. The Morgan fingerprint density at radius 3 is 2.41 bits per heavy atom. The molecule has 0 aliphatic rings. The predicted molar refractivity (Wildman–Crippen MR) is 73.5 cm³/mol. The van der Waals surface area contributed by atoms with Crippen LogP contribution in [0.25, 0.3) is 0 Å². The van der Waals surface area contributed by atoms with E-state index < -0.39 is 0 Å². The van der Waals surface area contributed by atoms with E-state index in [1.165, 1.54) is 15.3 Å². The lowest BCUT2D eigenvalue weighted by Crippen LogP contribution is -1.99. The lowest BCUT2D eigenvalue weighted by Gasteiger charge is -2.06. The van der Waals surface area contributed by atoms with Crippen molar-refractivity contribution < 1.29 is 5.11 Å². The van der Waals surface area contributed by atoms with Crippen LogP contribution in [0.3, 0.4) is 0 Å². The van der Waals surface area contributed by atoms with Crippen molar-refractivity contribution in [3.05, 3.63) is 51.2 Å². The lowest BCUT2D eigenvalue weighted by molar-refractivity contribution is 0.282. The molecule has 0 bridgehead atoms. The molecule has 90 valence electrons. The molecule has 2 nitrogen and oxygen atoms in total. The average Bonchev–Trinajstić information content (AvgIpc) is 2.66. The molecule has 0 amide bonds. The minimum absolute atomic E-state index is 0.100. The van der Waals surface area contributed by atoms with Crippen LogP contribution in [0.15, 0.2) is 30.3 Å². The first-order chi connectivity index (χ1) is 8.19. The SMILES string of the molecule is Cc1cc(CNc2ccc(CO)cc2)c(C)s1. The summed E-state index contributed by atoms with van der Waals surface area (Å²) < 4.78 is 0. The maximum absolute atomic E-state index is 8.96. The molecule has 1 heterocycles. The first-order valence-corrected chi connectivity index (χ1v) is 6.50. The Morgan fingerprint density at radius 2 is 1.88 bits per heavy atom. The summed E-state index contributed by atoms with van der Waals surface area (Å²) in [6.45, 7) is 5.25. The zero-order valence-corrected chi connectivity index (χ0v) is 11.0. The number of thiophene rings is 1. The molecule has 0 unspecified atom stereocenters. The summed E-state index contributed by atoms with van der Waals surface area (Å²) in [5.74, 6) is 0. The van der Waals surface area contributed by atoms with Crippen LogP contribution in [-0.4, -0.2) is 5.11 Å². The Labute approximate surface area is 106 Å². The lowest BCUT2D eigenvalue weighted by atomic mass is 10.2. The van der Waals surface area contributed by atoms with E-state index in [4.69, 9.17) is 5.11 Å². The van der Waals surface area contributed by atoms with Gasteiger partial charge in [0.25, 0.3) is 0 Å². The molecule has 3 heteroatoms. The second kappa shape index (κ2) is 5.34. The van der Waals surface area contributed by atoms with Gasteiger partial charge in [0.2, 0.25) is 0 Å². The van der Waals surface area contributed by atoms with Gasteiger partial charge in [-0.1, -0.05) is 12.1 Å². The molecular formula is C14H17NOS. The van der Waals surface area contributed by atoms with E-state index in [0.29, 0.717) is 0 Å². The molecular weight excluding hydrogens is 230 g/mol. The number of hydrogen-bond donors (Lipinski definition) is 2. The molecule has 0 spiro atoms. The van der Waals surface area contributed by atoms with Crippen molar-refractivity contribution in [1.29, 1.82) is 0 Å². The van der Waals surface area contributed by atoms with Crippen molar-refractivity contribution in [2.75, 3.05) is 5.32 Å². The summed E-state index contributed by atoms with van der Waals surface area (Å²) in [5, 5.41) is 12.3. The molecule has 0 atom stereocenters. The number of benzene rings is 1. The highest BCUT2D eigenvalue weighted by atomic mass is 32.1. The van der Waals surface area contributed by atoms with Crippen LogP contribution < -0.4 is 5.32 Å². The van der Waals surface area contributed by atoms with Crippen LogP contribution in [0.2, 0.25) is 0 Å². The third kappa shape index (κ3) is 3.08. The van der Waals surface area contributed by atoms with E-state index >= 15 is 0 Å². The largest absolute Gasteiger partial charge is 0.392 e. The molecule has 0 radical (unpaired) electrons. The highest BCUT2D eigenvalue weighted by Gasteiger charge is 2.02. The molecule has 2 rings (SSSR count). The van der Waals surface area contributed by atoms with Crippen molar-refractivity contribution >= 4 is 17.0 Å². The van der Waals surface area contributed by atoms with Gasteiger partial charge in [-0.05, 0) is 43.2 Å². The minimum atomic E-state index is 0.100. The highest BCUT2D eigenvalue weighted by molar-refractivity contribution is 7.12. The summed E-state index contributed by atoms with van der Waals surface area (Å²) >= 11 is 1.84. The molecule has 0 fully saturated rings. The molecule has 0 saturated heterocycles. The molecule has 2 aromatic rings. The Morgan fingerprint density at radius 1 is 1.18 bits per heavy atom. The number of hydrogen-bond acceptors (Lipinski definition) is 3. The van der Waals surface area contributed by atoms with Gasteiger partial charge in [-0.2, -0.15) is 0 Å². The third-order valence-corrected chi connectivity index (χ3v) is 3.77. The maximum atomic E-state index is 8.96. The second-order valence-corrected chi connectivity index (χ2v) is 5.61. The fraction of sp³-hybridized carbons (Fsp3) is 0.286. The Balaban J connectivity index is 1.99. The van der Waals surface area contributed by atoms with E-state index in [0.717, 1.165) is 17.8 Å². The quantitative estimate of drug-likeness (QED) is 0.867. The van der Waals surface area contributed by atoms with Crippen molar-refractivity contribution in [2.24, 2.45) is 0 Å². The Bertz CT molecular complexity index is 487. The van der Waals surface area contributed by atoms with E-state index in [-0.39, 0.29) is 6.61 Å². The van der Waals surface area contributed by atoms with Gasteiger partial charge in [0, 0.05) is 22.0 Å². The van der Waals surface area contributed by atoms with Gasteiger partial charge < -0.3 is 10.4 Å². The number of aliphatic hydroxyl groups excluding tert-OH is 1. The minimum Gasteiger partial charge on any atom is -0.392 e. The van der Waals surface area contributed by atoms with Crippen molar-refractivity contribution in [3.8, 4) is 0 Å². The maximum Gasteiger partial charge on any atom is 0.0681 e. The molecule has 0 aliphatic heterocycles. The van der Waals surface area contributed by atoms with Gasteiger partial charge in [0.05, 0.1) is 6.61 Å². The van der Waals surface area contributed by atoms with Crippen molar-refractivity contribution in [1.82, 2.24) is 0 Å². The molecule has 2 N–H and O–H groups in total. The van der Waals surface area contributed by atoms with Crippen molar-refractivity contribution in [2.45, 2.75) is 27.0 Å². The van der Waals surface area contributed by atoms with Gasteiger partial charge in [0.15, 0.2) is 0 Å². The van der Waals surface area contributed by atoms with Crippen molar-refractivity contribution in [3.63, 3.8) is 0 Å². The van der Waals surface area contributed by atoms with Crippen LogP contribution in [-0.2, 0) is 13.2 Å². The van der Waals surface area contributed by atoms with E-state index in [2.05, 4.69) is 25.2 Å². The first kappa shape index (κ1) is 12.1. The number of rotatable bonds is 4. The number of aliphatic hydroxyl groups is 1. The fourth-order valence-electron chi connectivity index (χ4n) is 1.78. The number of aryl methyl sites for hydroxylation is 2. The summed E-state index contributed by atoms with van der Waals surface area (Å²) in [7, 11) is 0. The summed E-state index contributed by atoms with van der Waals surface area (Å²) in [6, 6.07) is 10.1. The van der Waals surface area contributed by atoms with Crippen LogP contribution >= 0.6 is 11.3 Å². The van der Waals surface area contributed by atoms with E-state index in [1.807, 2.05) is 35.6 Å². The topological polar surface area (TPSA) is 32.3 Å². The normalized spacial score (nSPS) is 10.5. The smallest absolute Gasteiger partial charge is 0.0681 e. The fourth-order valence-corrected chi connectivity index (χ4v) is 2.73. The third-order valence-electron chi connectivity index (χ3n) is 2.76. The van der Waals surface area contributed by atoms with Gasteiger partial charge >= 0.3 is 0 Å². The Kier molecular flexibility index (Phi) is 3.82. The van der Waals surface area contributed by atoms with Gasteiger partial charge in [-0.3, -0.25) is 0 Å². The van der Waals surface area contributed by atoms with Crippen LogP contribution in [0.4, 0.5) is 5.69 Å². The van der Waals surface area contributed by atoms with Crippen LogP contribution in [0.5, 0.6) is 0 Å². The molecule has 17 heavy (non-hydrogen) atoms. The predicted octanol–water partition coefficient (Wildman–Crippen LogP) is 3.47. The second-order valence-electron chi connectivity index (χ2n) is 4.15. The van der Waals surface area contributed by atoms with Gasteiger partial charge in [-0.25, -0.2) is 0 Å². The van der Waals surface area contributed by atoms with Crippen LogP contribution in [0, 0.1) is 13.8 Å². The molecule has 1 aromatic carbocycles. The zero-order chi connectivity index (χ0) is 12.3. The van der Waals surface area contributed by atoms with Gasteiger partial charge in [0.1, 0.15) is 0 Å². The Hall–Kier alpha value is -1.32. The summed E-state index contributed by atoms with van der Waals surface area (Å²) in [5.41, 5.74) is 3.39. The van der Waals surface area contributed by atoms with E-state index in [1.54, 1.807) is 0 Å². The molecule has 1 aromatic heterocycles. The monoisotopic (exact) mass is 247 g/mol. The van der Waals surface area contributed by atoms with Crippen LogP contribution in [0.1, 0.15) is 20.9 Å².